The summed E-state index contributed by atoms with van der Waals surface area (Å²) in [6.45, 7) is 2.29. The SMILES string of the molecule is CCOc1cc(/C=C(\C#N)C(N)=O)cc(I)c1Cc1ccccc1F. The van der Waals surface area contributed by atoms with E-state index in [1.165, 1.54) is 12.1 Å². The molecule has 0 aromatic heterocycles. The highest BCUT2D eigenvalue weighted by molar-refractivity contribution is 14.1. The van der Waals surface area contributed by atoms with Crippen molar-refractivity contribution in [2.24, 2.45) is 5.73 Å². The molecule has 0 spiro atoms. The molecule has 0 bridgehead atoms. The lowest BCUT2D eigenvalue weighted by Crippen LogP contribution is -2.12. The van der Waals surface area contributed by atoms with Gasteiger partial charge in [-0.3, -0.25) is 4.79 Å². The van der Waals surface area contributed by atoms with E-state index in [0.717, 1.165) is 9.13 Å². The maximum atomic E-state index is 14.0. The van der Waals surface area contributed by atoms with Crippen molar-refractivity contribution in [1.29, 1.82) is 5.26 Å². The molecule has 0 aliphatic heterocycles. The number of hydrogen-bond donors (Lipinski definition) is 1. The molecule has 0 unspecified atom stereocenters. The summed E-state index contributed by atoms with van der Waals surface area (Å²) in [6, 6.07) is 11.9. The minimum absolute atomic E-state index is 0.139. The topological polar surface area (TPSA) is 76.1 Å². The smallest absolute Gasteiger partial charge is 0.259 e. The molecule has 2 aromatic rings. The summed E-state index contributed by atoms with van der Waals surface area (Å²) in [5, 5.41) is 8.99. The van der Waals surface area contributed by atoms with E-state index in [4.69, 9.17) is 15.7 Å². The number of benzene rings is 2. The third kappa shape index (κ3) is 4.79. The Hall–Kier alpha value is -2.40. The summed E-state index contributed by atoms with van der Waals surface area (Å²) in [4.78, 5) is 11.2. The van der Waals surface area contributed by atoms with Gasteiger partial charge in [-0.15, -0.1) is 0 Å². The van der Waals surface area contributed by atoms with E-state index in [-0.39, 0.29) is 11.4 Å². The van der Waals surface area contributed by atoms with E-state index < -0.39 is 5.91 Å². The van der Waals surface area contributed by atoms with Gasteiger partial charge in [-0.25, -0.2) is 4.39 Å². The van der Waals surface area contributed by atoms with Crippen LogP contribution < -0.4 is 10.5 Å². The number of hydrogen-bond acceptors (Lipinski definition) is 3. The number of nitrogens with zero attached hydrogens (tertiary/aromatic N) is 1. The minimum Gasteiger partial charge on any atom is -0.494 e. The molecule has 0 fully saturated rings. The quantitative estimate of drug-likeness (QED) is 0.413. The van der Waals surface area contributed by atoms with Crippen molar-refractivity contribution in [2.75, 3.05) is 6.61 Å². The second-order valence-electron chi connectivity index (χ2n) is 5.21. The molecule has 0 heterocycles. The highest BCUT2D eigenvalue weighted by atomic mass is 127. The first-order chi connectivity index (χ1) is 12.0. The van der Waals surface area contributed by atoms with Crippen molar-refractivity contribution in [1.82, 2.24) is 0 Å². The predicted molar refractivity (Wildman–Crippen MR) is 102 cm³/mol. The van der Waals surface area contributed by atoms with Crippen molar-refractivity contribution in [3.8, 4) is 11.8 Å². The van der Waals surface area contributed by atoms with Crippen LogP contribution in [-0.4, -0.2) is 12.5 Å². The average Bonchev–Trinajstić information content (AvgIpc) is 2.57. The average molecular weight is 450 g/mol. The number of nitrogens with two attached hydrogens (primary N) is 1. The lowest BCUT2D eigenvalue weighted by molar-refractivity contribution is -0.114. The van der Waals surface area contributed by atoms with Crippen LogP contribution in [0.2, 0.25) is 0 Å². The minimum atomic E-state index is -0.786. The Labute approximate surface area is 159 Å². The Morgan fingerprint density at radius 2 is 2.12 bits per heavy atom. The fourth-order valence-electron chi connectivity index (χ4n) is 2.33. The molecule has 2 rings (SSSR count). The summed E-state index contributed by atoms with van der Waals surface area (Å²) >= 11 is 2.14. The summed E-state index contributed by atoms with van der Waals surface area (Å²) in [6.07, 6.45) is 1.80. The van der Waals surface area contributed by atoms with Gasteiger partial charge in [-0.05, 0) is 64.9 Å². The van der Waals surface area contributed by atoms with Crippen molar-refractivity contribution in [3.05, 3.63) is 68.0 Å². The van der Waals surface area contributed by atoms with Gasteiger partial charge in [0, 0.05) is 15.6 Å². The summed E-state index contributed by atoms with van der Waals surface area (Å²) in [5.74, 6) is -0.471. The molecule has 0 saturated carbocycles. The van der Waals surface area contributed by atoms with Gasteiger partial charge in [0.05, 0.1) is 6.61 Å². The van der Waals surface area contributed by atoms with Gasteiger partial charge >= 0.3 is 0 Å². The Balaban J connectivity index is 2.50. The number of halogens is 2. The van der Waals surface area contributed by atoms with Gasteiger partial charge in [-0.2, -0.15) is 5.26 Å². The Morgan fingerprint density at radius 1 is 1.40 bits per heavy atom. The van der Waals surface area contributed by atoms with Crippen LogP contribution in [0.15, 0.2) is 42.0 Å². The molecule has 1 amide bonds. The fraction of sp³-hybridized carbons (Fsp3) is 0.158. The zero-order valence-electron chi connectivity index (χ0n) is 13.6. The number of carbonyl (C=O) groups is 1. The van der Waals surface area contributed by atoms with E-state index in [0.29, 0.717) is 29.9 Å². The monoisotopic (exact) mass is 450 g/mol. The third-order valence-corrected chi connectivity index (χ3v) is 4.46. The van der Waals surface area contributed by atoms with E-state index in [1.54, 1.807) is 36.4 Å². The largest absolute Gasteiger partial charge is 0.494 e. The summed E-state index contributed by atoms with van der Waals surface area (Å²) < 4.78 is 20.5. The number of carbonyl (C=O) groups excluding carboxylic acids is 1. The van der Waals surface area contributed by atoms with Crippen LogP contribution in [0.1, 0.15) is 23.6 Å². The van der Waals surface area contributed by atoms with Gasteiger partial charge < -0.3 is 10.5 Å². The molecular weight excluding hydrogens is 434 g/mol. The van der Waals surface area contributed by atoms with Gasteiger partial charge in [0.25, 0.3) is 5.91 Å². The lowest BCUT2D eigenvalue weighted by Gasteiger charge is -2.14. The maximum Gasteiger partial charge on any atom is 0.259 e. The number of ether oxygens (including phenoxy) is 1. The molecule has 2 N–H and O–H groups in total. The first-order valence-electron chi connectivity index (χ1n) is 7.56. The Bertz CT molecular complexity index is 872. The van der Waals surface area contributed by atoms with Crippen LogP contribution in [0.3, 0.4) is 0 Å². The summed E-state index contributed by atoms with van der Waals surface area (Å²) in [5.41, 5.74) is 7.08. The van der Waals surface area contributed by atoms with Crippen molar-refractivity contribution < 1.29 is 13.9 Å². The molecule has 2 aromatic carbocycles. The highest BCUT2D eigenvalue weighted by Gasteiger charge is 2.14. The van der Waals surface area contributed by atoms with Crippen molar-refractivity contribution >= 4 is 34.6 Å². The Morgan fingerprint density at radius 3 is 2.72 bits per heavy atom. The van der Waals surface area contributed by atoms with Crippen molar-refractivity contribution in [3.63, 3.8) is 0 Å². The van der Waals surface area contributed by atoms with Crippen LogP contribution in [0.25, 0.3) is 6.08 Å². The van der Waals surface area contributed by atoms with Crippen molar-refractivity contribution in [2.45, 2.75) is 13.3 Å². The first-order valence-corrected chi connectivity index (χ1v) is 8.64. The number of amides is 1. The van der Waals surface area contributed by atoms with Gasteiger partial charge in [0.1, 0.15) is 23.2 Å². The molecule has 25 heavy (non-hydrogen) atoms. The van der Waals surface area contributed by atoms with Gasteiger partial charge in [-0.1, -0.05) is 18.2 Å². The zero-order chi connectivity index (χ0) is 18.4. The fourth-order valence-corrected chi connectivity index (χ4v) is 3.14. The molecule has 0 atom stereocenters. The predicted octanol–water partition coefficient (Wildman–Crippen LogP) is 3.81. The molecule has 0 aliphatic rings. The van der Waals surface area contributed by atoms with E-state index in [2.05, 4.69) is 22.6 Å². The highest BCUT2D eigenvalue weighted by Crippen LogP contribution is 2.30. The normalized spacial score (nSPS) is 11.0. The third-order valence-electron chi connectivity index (χ3n) is 3.50. The van der Waals surface area contributed by atoms with Gasteiger partial charge in [0.15, 0.2) is 0 Å². The maximum absolute atomic E-state index is 14.0. The van der Waals surface area contributed by atoms with Crippen LogP contribution in [-0.2, 0) is 11.2 Å². The molecule has 0 saturated heterocycles. The van der Waals surface area contributed by atoms with E-state index >= 15 is 0 Å². The molecule has 6 heteroatoms. The van der Waals surface area contributed by atoms with Crippen LogP contribution in [0.4, 0.5) is 4.39 Å². The van der Waals surface area contributed by atoms with Gasteiger partial charge in [0.2, 0.25) is 0 Å². The first kappa shape index (κ1) is 18.9. The van der Waals surface area contributed by atoms with E-state index in [1.807, 2.05) is 6.92 Å². The van der Waals surface area contributed by atoms with Crippen LogP contribution in [0.5, 0.6) is 5.75 Å². The molecule has 128 valence electrons. The zero-order valence-corrected chi connectivity index (χ0v) is 15.7. The molecular formula is C19H16FIN2O2. The lowest BCUT2D eigenvalue weighted by atomic mass is 10.0. The molecule has 0 aliphatic carbocycles. The number of rotatable bonds is 6. The second-order valence-corrected chi connectivity index (χ2v) is 6.38. The van der Waals surface area contributed by atoms with Crippen LogP contribution >= 0.6 is 22.6 Å². The number of nitriles is 1. The summed E-state index contributed by atoms with van der Waals surface area (Å²) in [7, 11) is 0. The molecule has 4 nitrogen and oxygen atoms in total. The number of primary amides is 1. The standard InChI is InChI=1S/C19H16FIN2O2/c1-2-25-18-9-12(7-14(11-22)19(23)24)8-17(21)15(18)10-13-5-3-4-6-16(13)20/h3-9H,2,10H2,1H3,(H2,23,24)/b14-7+. The van der Waals surface area contributed by atoms with E-state index in [9.17, 15) is 9.18 Å². The second kappa shape index (κ2) is 8.62. The van der Waals surface area contributed by atoms with Crippen LogP contribution in [0, 0.1) is 20.7 Å². The molecule has 0 radical (unpaired) electrons. The Kier molecular flexibility index (Phi) is 6.53.